The van der Waals surface area contributed by atoms with Gasteiger partial charge in [0.05, 0.1) is 17.7 Å². The summed E-state index contributed by atoms with van der Waals surface area (Å²) in [5.74, 6) is 1.90. The normalized spacial score (nSPS) is 12.9. The van der Waals surface area contributed by atoms with Crippen molar-refractivity contribution < 1.29 is 27.6 Å². The standard InChI is InChI=1S/C21H18N4O4S.CH3NO2.ClH/c26-30(27,25-11-9-16-10-12-28-21(16)13-25)20-7-5-19(6-8-20)29-18-3-1-17(2-4-18)24-14-22-23-15-24;3-1-2-4;/h1-8,10,12,14-15H,9,11,13H2;1,4H,(H,2,3);1H. The average Bonchev–Trinajstić information content (AvgIpc) is 3.57. The van der Waals surface area contributed by atoms with Crippen LogP contribution in [0.15, 0.2) is 82.8 Å². The van der Waals surface area contributed by atoms with Crippen LogP contribution in [0, 0.1) is 0 Å². The molecule has 0 saturated heterocycles. The molecule has 11 nitrogen and oxygen atoms in total. The molecule has 0 radical (unpaired) electrons. The van der Waals surface area contributed by atoms with Crippen LogP contribution in [0.2, 0.25) is 0 Å². The lowest BCUT2D eigenvalue weighted by Gasteiger charge is -2.25. The molecule has 184 valence electrons. The van der Waals surface area contributed by atoms with E-state index in [2.05, 4.69) is 10.2 Å². The van der Waals surface area contributed by atoms with Gasteiger partial charge >= 0.3 is 0 Å². The number of fused-ring (bicyclic) bond motifs is 1. The van der Waals surface area contributed by atoms with Gasteiger partial charge in [0.25, 0.3) is 0 Å². The second-order valence-corrected chi connectivity index (χ2v) is 9.08. The predicted molar refractivity (Wildman–Crippen MR) is 126 cm³/mol. The number of hydroxylamine groups is 1. The summed E-state index contributed by atoms with van der Waals surface area (Å²) in [7, 11) is -3.60. The number of carbonyl (C=O) groups excluding carboxylic acids is 1. The molecule has 35 heavy (non-hydrogen) atoms. The molecule has 1 aliphatic rings. The monoisotopic (exact) mass is 519 g/mol. The maximum Gasteiger partial charge on any atom is 0.243 e. The van der Waals surface area contributed by atoms with Crippen molar-refractivity contribution in [1.29, 1.82) is 0 Å². The molecular formula is C22H22ClN5O6S. The first kappa shape index (κ1) is 25.9. The number of aromatic nitrogens is 3. The Balaban J connectivity index is 0.000000638. The van der Waals surface area contributed by atoms with Gasteiger partial charge in [0.1, 0.15) is 29.9 Å². The Morgan fingerprint density at radius 3 is 2.20 bits per heavy atom. The average molecular weight is 520 g/mol. The number of halogens is 1. The van der Waals surface area contributed by atoms with Gasteiger partial charge in [-0.2, -0.15) is 4.31 Å². The van der Waals surface area contributed by atoms with Crippen molar-refractivity contribution >= 4 is 28.8 Å². The largest absolute Gasteiger partial charge is 0.468 e. The van der Waals surface area contributed by atoms with Gasteiger partial charge in [0, 0.05) is 12.2 Å². The summed E-state index contributed by atoms with van der Waals surface area (Å²) in [4.78, 5) is 9.04. The smallest absolute Gasteiger partial charge is 0.243 e. The van der Waals surface area contributed by atoms with Crippen LogP contribution in [0.1, 0.15) is 11.3 Å². The third-order valence-electron chi connectivity index (χ3n) is 5.09. The van der Waals surface area contributed by atoms with E-state index in [-0.39, 0.29) is 30.3 Å². The summed E-state index contributed by atoms with van der Waals surface area (Å²) >= 11 is 0. The van der Waals surface area contributed by atoms with Crippen LogP contribution in [0.4, 0.5) is 0 Å². The molecule has 0 atom stereocenters. The first-order valence-electron chi connectivity index (χ1n) is 10.1. The summed E-state index contributed by atoms with van der Waals surface area (Å²) in [6.45, 7) is 0.688. The van der Waals surface area contributed by atoms with Crippen molar-refractivity contribution in [2.24, 2.45) is 0 Å². The number of hydrogen-bond acceptors (Lipinski definition) is 8. The summed E-state index contributed by atoms with van der Waals surface area (Å²) in [5, 5.41) is 14.8. The minimum atomic E-state index is -3.60. The highest BCUT2D eigenvalue weighted by Crippen LogP contribution is 2.28. The number of rotatable bonds is 6. The molecule has 0 bridgehead atoms. The number of nitrogens with one attached hydrogen (secondary N) is 1. The summed E-state index contributed by atoms with van der Waals surface area (Å²) in [6, 6.07) is 15.8. The number of ether oxygens (including phenoxy) is 1. The van der Waals surface area contributed by atoms with Crippen LogP contribution in [-0.4, -0.2) is 45.6 Å². The van der Waals surface area contributed by atoms with Gasteiger partial charge in [-0.3, -0.25) is 14.6 Å². The highest BCUT2D eigenvalue weighted by molar-refractivity contribution is 7.89. The van der Waals surface area contributed by atoms with E-state index in [0.717, 1.165) is 11.3 Å². The third-order valence-corrected chi connectivity index (χ3v) is 6.95. The van der Waals surface area contributed by atoms with Crippen molar-refractivity contribution in [2.45, 2.75) is 17.9 Å². The molecule has 0 saturated carbocycles. The van der Waals surface area contributed by atoms with Gasteiger partial charge in [-0.1, -0.05) is 0 Å². The lowest BCUT2D eigenvalue weighted by molar-refractivity contribution is -0.116. The van der Waals surface area contributed by atoms with Gasteiger partial charge in [0.15, 0.2) is 0 Å². The molecule has 13 heteroatoms. The molecule has 0 unspecified atom stereocenters. The van der Waals surface area contributed by atoms with Gasteiger partial charge in [-0.25, -0.2) is 13.9 Å². The fourth-order valence-corrected chi connectivity index (χ4v) is 4.80. The maximum atomic E-state index is 13.0. The minimum Gasteiger partial charge on any atom is -0.468 e. The Labute approximate surface area is 207 Å². The van der Waals surface area contributed by atoms with Crippen LogP contribution in [0.5, 0.6) is 11.5 Å². The van der Waals surface area contributed by atoms with E-state index in [1.54, 1.807) is 47.8 Å². The van der Waals surface area contributed by atoms with E-state index in [1.807, 2.05) is 30.3 Å². The van der Waals surface area contributed by atoms with Gasteiger partial charge in [-0.15, -0.1) is 22.6 Å². The number of amides is 1. The Kier molecular flexibility index (Phi) is 8.60. The molecule has 5 rings (SSSR count). The number of sulfonamides is 1. The summed E-state index contributed by atoms with van der Waals surface area (Å²) in [6.07, 6.45) is 5.66. The van der Waals surface area contributed by atoms with Crippen molar-refractivity contribution in [1.82, 2.24) is 24.5 Å². The molecule has 2 aromatic carbocycles. The van der Waals surface area contributed by atoms with Crippen molar-refractivity contribution in [2.75, 3.05) is 6.54 Å². The highest BCUT2D eigenvalue weighted by atomic mass is 35.5. The molecule has 0 aliphatic carbocycles. The Morgan fingerprint density at radius 1 is 1.00 bits per heavy atom. The topological polar surface area (TPSA) is 140 Å². The molecule has 3 heterocycles. The third kappa shape index (κ3) is 6.05. The van der Waals surface area contributed by atoms with Crippen LogP contribution < -0.4 is 10.2 Å². The van der Waals surface area contributed by atoms with Crippen molar-refractivity contribution in [3.8, 4) is 17.2 Å². The Bertz CT molecular complexity index is 1330. The van der Waals surface area contributed by atoms with Gasteiger partial charge in [0.2, 0.25) is 16.4 Å². The van der Waals surface area contributed by atoms with Crippen LogP contribution in [0.3, 0.4) is 0 Å². The fourth-order valence-electron chi connectivity index (χ4n) is 3.40. The van der Waals surface area contributed by atoms with E-state index in [0.29, 0.717) is 30.2 Å². The Hall–Kier alpha value is -3.71. The molecule has 1 amide bonds. The predicted octanol–water partition coefficient (Wildman–Crippen LogP) is 2.94. The second kappa shape index (κ2) is 11.6. The zero-order valence-corrected chi connectivity index (χ0v) is 19.9. The number of benzene rings is 2. The number of nitrogens with zero attached hydrogens (tertiary/aromatic N) is 4. The molecular weight excluding hydrogens is 498 g/mol. The summed E-state index contributed by atoms with van der Waals surface area (Å²) in [5.41, 5.74) is 3.23. The van der Waals surface area contributed by atoms with Crippen LogP contribution >= 0.6 is 12.4 Å². The second-order valence-electron chi connectivity index (χ2n) is 7.14. The van der Waals surface area contributed by atoms with E-state index >= 15 is 0 Å². The lowest BCUT2D eigenvalue weighted by atomic mass is 10.1. The van der Waals surface area contributed by atoms with Gasteiger partial charge in [-0.05, 0) is 66.6 Å². The van der Waals surface area contributed by atoms with E-state index in [9.17, 15) is 8.42 Å². The minimum absolute atomic E-state index is 0. The zero-order valence-electron chi connectivity index (χ0n) is 18.2. The first-order valence-corrected chi connectivity index (χ1v) is 11.6. The summed E-state index contributed by atoms with van der Waals surface area (Å²) < 4.78 is 40.4. The zero-order chi connectivity index (χ0) is 24.0. The van der Waals surface area contributed by atoms with Gasteiger partial charge < -0.3 is 9.15 Å². The lowest BCUT2D eigenvalue weighted by Crippen LogP contribution is -2.35. The highest BCUT2D eigenvalue weighted by Gasteiger charge is 2.29. The quantitative estimate of drug-likeness (QED) is 0.225. The first-order chi connectivity index (χ1) is 16.5. The van der Waals surface area contributed by atoms with Crippen molar-refractivity contribution in [3.05, 3.63) is 84.8 Å². The molecule has 2 aromatic heterocycles. The van der Waals surface area contributed by atoms with E-state index in [1.165, 1.54) is 9.79 Å². The molecule has 4 aromatic rings. The van der Waals surface area contributed by atoms with E-state index in [4.69, 9.17) is 19.2 Å². The van der Waals surface area contributed by atoms with Crippen LogP contribution in [0.25, 0.3) is 5.69 Å². The number of carbonyl (C=O) groups is 1. The maximum absolute atomic E-state index is 13.0. The number of furan rings is 1. The Morgan fingerprint density at radius 2 is 1.60 bits per heavy atom. The fraction of sp³-hybridized carbons (Fsp3) is 0.136. The van der Waals surface area contributed by atoms with Crippen molar-refractivity contribution in [3.63, 3.8) is 0 Å². The molecule has 1 aliphatic heterocycles. The SMILES string of the molecule is Cl.O=CNO.O=S(=O)(c1ccc(Oc2ccc(-n3cnnc3)cc2)cc1)N1CCc2ccoc2C1. The van der Waals surface area contributed by atoms with Crippen LogP contribution in [-0.2, 0) is 27.8 Å². The number of hydrogen-bond donors (Lipinski definition) is 2. The molecule has 2 N–H and O–H groups in total. The van der Waals surface area contributed by atoms with E-state index < -0.39 is 10.0 Å². The molecule has 0 fully saturated rings. The molecule has 0 spiro atoms.